The summed E-state index contributed by atoms with van der Waals surface area (Å²) in [6.45, 7) is 3.32. The van der Waals surface area contributed by atoms with Crippen LogP contribution in [0.5, 0.6) is 0 Å². The lowest BCUT2D eigenvalue weighted by Gasteiger charge is -2.36. The van der Waals surface area contributed by atoms with Gasteiger partial charge in [-0.1, -0.05) is 0 Å². The van der Waals surface area contributed by atoms with Crippen LogP contribution in [-0.2, 0) is 9.84 Å². The van der Waals surface area contributed by atoms with Crippen LogP contribution in [0.3, 0.4) is 0 Å². The fraction of sp³-hybridized carbons (Fsp3) is 1.00. The van der Waals surface area contributed by atoms with E-state index >= 15 is 0 Å². The summed E-state index contributed by atoms with van der Waals surface area (Å²) in [5.74, 6) is 1.53. The lowest BCUT2D eigenvalue weighted by Crippen LogP contribution is -2.45. The van der Waals surface area contributed by atoms with Crippen molar-refractivity contribution in [3.63, 3.8) is 0 Å². The van der Waals surface area contributed by atoms with Crippen molar-refractivity contribution < 1.29 is 8.42 Å². The molecule has 0 aromatic rings. The SMILES string of the molecule is O=S1(=O)CCC(N2CCCC(CNC3CC3)C2)C1. The van der Waals surface area contributed by atoms with Gasteiger partial charge in [-0.05, 0) is 51.1 Å². The molecule has 3 fully saturated rings. The summed E-state index contributed by atoms with van der Waals surface area (Å²) in [4.78, 5) is 2.44. The van der Waals surface area contributed by atoms with Crippen molar-refractivity contribution in [1.82, 2.24) is 10.2 Å². The summed E-state index contributed by atoms with van der Waals surface area (Å²) in [6, 6.07) is 1.09. The van der Waals surface area contributed by atoms with Gasteiger partial charge in [-0.3, -0.25) is 4.90 Å². The second kappa shape index (κ2) is 5.10. The molecule has 18 heavy (non-hydrogen) atoms. The van der Waals surface area contributed by atoms with Gasteiger partial charge in [0.1, 0.15) is 0 Å². The molecule has 2 atom stereocenters. The normalized spacial score (nSPS) is 36.9. The van der Waals surface area contributed by atoms with Crippen LogP contribution in [-0.4, -0.2) is 56.5 Å². The van der Waals surface area contributed by atoms with Crippen LogP contribution in [0, 0.1) is 5.92 Å². The average Bonchev–Trinajstić information content (AvgIpc) is 3.10. The number of nitrogens with one attached hydrogen (secondary N) is 1. The molecule has 3 rings (SSSR count). The highest BCUT2D eigenvalue weighted by Crippen LogP contribution is 2.25. The minimum atomic E-state index is -2.74. The number of rotatable bonds is 4. The summed E-state index contributed by atoms with van der Waals surface area (Å²) >= 11 is 0. The zero-order valence-electron chi connectivity index (χ0n) is 11.0. The van der Waals surface area contributed by atoms with Gasteiger partial charge in [-0.2, -0.15) is 0 Å². The van der Waals surface area contributed by atoms with Gasteiger partial charge in [-0.25, -0.2) is 8.42 Å². The molecule has 3 aliphatic rings. The van der Waals surface area contributed by atoms with Crippen molar-refractivity contribution >= 4 is 9.84 Å². The quantitative estimate of drug-likeness (QED) is 0.816. The maximum absolute atomic E-state index is 11.5. The molecular formula is C13H24N2O2S. The van der Waals surface area contributed by atoms with Gasteiger partial charge in [0.15, 0.2) is 9.84 Å². The lowest BCUT2D eigenvalue weighted by atomic mass is 9.96. The number of likely N-dealkylation sites (tertiary alicyclic amines) is 1. The van der Waals surface area contributed by atoms with E-state index in [1.807, 2.05) is 0 Å². The fourth-order valence-electron chi connectivity index (χ4n) is 3.28. The third-order valence-electron chi connectivity index (χ3n) is 4.55. The zero-order valence-corrected chi connectivity index (χ0v) is 11.8. The highest BCUT2D eigenvalue weighted by atomic mass is 32.2. The molecule has 0 aromatic carbocycles. The minimum absolute atomic E-state index is 0.304. The Morgan fingerprint density at radius 3 is 2.67 bits per heavy atom. The van der Waals surface area contributed by atoms with Gasteiger partial charge < -0.3 is 5.32 Å². The summed E-state index contributed by atoms with van der Waals surface area (Å²) in [5.41, 5.74) is 0. The molecule has 2 heterocycles. The maximum Gasteiger partial charge on any atom is 0.151 e. The van der Waals surface area contributed by atoms with E-state index in [2.05, 4.69) is 10.2 Å². The van der Waals surface area contributed by atoms with Crippen LogP contribution in [0.15, 0.2) is 0 Å². The van der Waals surface area contributed by atoms with Gasteiger partial charge in [0.2, 0.25) is 0 Å². The molecule has 0 spiro atoms. The van der Waals surface area contributed by atoms with Crippen molar-refractivity contribution in [1.29, 1.82) is 0 Å². The summed E-state index contributed by atoms with van der Waals surface area (Å²) < 4.78 is 23.1. The predicted molar refractivity (Wildman–Crippen MR) is 72.4 cm³/mol. The van der Waals surface area contributed by atoms with Crippen molar-refractivity contribution in [3.8, 4) is 0 Å². The molecule has 5 heteroatoms. The van der Waals surface area contributed by atoms with Gasteiger partial charge in [0.05, 0.1) is 11.5 Å². The van der Waals surface area contributed by atoms with E-state index in [0.29, 0.717) is 17.5 Å². The van der Waals surface area contributed by atoms with E-state index < -0.39 is 9.84 Å². The van der Waals surface area contributed by atoms with Crippen LogP contribution in [0.4, 0.5) is 0 Å². The van der Waals surface area contributed by atoms with Gasteiger partial charge >= 0.3 is 0 Å². The summed E-state index contributed by atoms with van der Waals surface area (Å²) in [5, 5.41) is 3.61. The van der Waals surface area contributed by atoms with E-state index in [1.165, 1.54) is 25.7 Å². The number of nitrogens with zero attached hydrogens (tertiary/aromatic N) is 1. The maximum atomic E-state index is 11.5. The molecule has 2 aliphatic heterocycles. The van der Waals surface area contributed by atoms with Crippen molar-refractivity contribution in [2.75, 3.05) is 31.1 Å². The van der Waals surface area contributed by atoms with Crippen molar-refractivity contribution in [2.45, 2.75) is 44.2 Å². The molecule has 2 saturated heterocycles. The molecule has 0 aromatic heterocycles. The Balaban J connectivity index is 1.50. The van der Waals surface area contributed by atoms with E-state index in [9.17, 15) is 8.42 Å². The molecule has 0 bridgehead atoms. The lowest BCUT2D eigenvalue weighted by molar-refractivity contribution is 0.133. The Labute approximate surface area is 110 Å². The first-order chi connectivity index (χ1) is 8.62. The topological polar surface area (TPSA) is 49.4 Å². The standard InChI is InChI=1S/C13H24N2O2S/c16-18(17)7-5-13(10-18)15-6-1-2-11(9-15)8-14-12-3-4-12/h11-14H,1-10H2. The average molecular weight is 272 g/mol. The van der Waals surface area contributed by atoms with Gasteiger partial charge in [0, 0.05) is 18.6 Å². The molecule has 1 saturated carbocycles. The summed E-state index contributed by atoms with van der Waals surface area (Å²) in [6.07, 6.45) is 6.07. The Hall–Kier alpha value is -0.130. The Kier molecular flexibility index (Phi) is 3.65. The number of sulfone groups is 1. The first-order valence-electron chi connectivity index (χ1n) is 7.30. The van der Waals surface area contributed by atoms with Crippen LogP contribution in [0.1, 0.15) is 32.1 Å². The largest absolute Gasteiger partial charge is 0.314 e. The highest BCUT2D eigenvalue weighted by molar-refractivity contribution is 7.91. The Bertz CT molecular complexity index is 392. The molecule has 2 unspecified atom stereocenters. The van der Waals surface area contributed by atoms with E-state index in [-0.39, 0.29) is 0 Å². The first-order valence-corrected chi connectivity index (χ1v) is 9.12. The van der Waals surface area contributed by atoms with Crippen LogP contribution >= 0.6 is 0 Å². The van der Waals surface area contributed by atoms with Crippen LogP contribution in [0.25, 0.3) is 0 Å². The van der Waals surface area contributed by atoms with Crippen molar-refractivity contribution in [2.24, 2.45) is 5.92 Å². The van der Waals surface area contributed by atoms with Crippen LogP contribution in [0.2, 0.25) is 0 Å². The van der Waals surface area contributed by atoms with Crippen molar-refractivity contribution in [3.05, 3.63) is 0 Å². The molecular weight excluding hydrogens is 248 g/mol. The van der Waals surface area contributed by atoms with E-state index in [0.717, 1.165) is 38.0 Å². The van der Waals surface area contributed by atoms with Gasteiger partial charge in [-0.15, -0.1) is 0 Å². The predicted octanol–water partition coefficient (Wildman–Crippen LogP) is 0.638. The number of piperidine rings is 1. The summed E-state index contributed by atoms with van der Waals surface area (Å²) in [7, 11) is -2.74. The molecule has 1 aliphatic carbocycles. The first kappa shape index (κ1) is 12.9. The van der Waals surface area contributed by atoms with E-state index in [4.69, 9.17) is 0 Å². The molecule has 104 valence electrons. The smallest absolute Gasteiger partial charge is 0.151 e. The second-order valence-corrected chi connectivity index (χ2v) is 8.47. The monoisotopic (exact) mass is 272 g/mol. The molecule has 4 nitrogen and oxygen atoms in total. The van der Waals surface area contributed by atoms with E-state index in [1.54, 1.807) is 0 Å². The molecule has 0 radical (unpaired) electrons. The molecule has 1 N–H and O–H groups in total. The molecule has 0 amide bonds. The Morgan fingerprint density at radius 2 is 2.00 bits per heavy atom. The second-order valence-electron chi connectivity index (χ2n) is 6.24. The third-order valence-corrected chi connectivity index (χ3v) is 6.30. The highest BCUT2D eigenvalue weighted by Gasteiger charge is 2.34. The van der Waals surface area contributed by atoms with Crippen LogP contribution < -0.4 is 5.32 Å². The Morgan fingerprint density at radius 1 is 1.17 bits per heavy atom. The third kappa shape index (κ3) is 3.25. The zero-order chi connectivity index (χ0) is 12.6. The number of hydrogen-bond acceptors (Lipinski definition) is 4. The number of hydrogen-bond donors (Lipinski definition) is 1. The fourth-order valence-corrected chi connectivity index (χ4v) is 5.04. The minimum Gasteiger partial charge on any atom is -0.314 e. The van der Waals surface area contributed by atoms with Gasteiger partial charge in [0.25, 0.3) is 0 Å².